The topological polar surface area (TPSA) is 117 Å². The number of nitrogens with zero attached hydrogens (tertiary/aromatic N) is 4. The van der Waals surface area contributed by atoms with Gasteiger partial charge in [0.15, 0.2) is 0 Å². The van der Waals surface area contributed by atoms with E-state index in [-0.39, 0.29) is 11.2 Å². The zero-order valence-corrected chi connectivity index (χ0v) is 12.7. The number of para-hydroxylation sites is 2. The molecule has 25 heavy (non-hydrogen) atoms. The molecule has 0 aliphatic rings. The van der Waals surface area contributed by atoms with Gasteiger partial charge in [0.25, 0.3) is 5.56 Å². The molecule has 0 atom stereocenters. The normalized spacial score (nSPS) is 10.9. The molecule has 2 aromatic carbocycles. The van der Waals surface area contributed by atoms with Crippen LogP contribution in [0.5, 0.6) is 5.75 Å². The summed E-state index contributed by atoms with van der Waals surface area (Å²) in [6.45, 7) is 0. The average Bonchev–Trinajstić information content (AvgIpc) is 3.17. The molecular weight excluding hydrogens is 322 g/mol. The Morgan fingerprint density at radius 1 is 1.04 bits per heavy atom. The molecule has 0 amide bonds. The lowest BCUT2D eigenvalue weighted by molar-refractivity contribution is -0.266. The largest absolute Gasteiger partial charge is 0.871 e. The summed E-state index contributed by atoms with van der Waals surface area (Å²) in [6, 6.07) is 15.4. The van der Waals surface area contributed by atoms with Crippen LogP contribution in [0.4, 0.5) is 0 Å². The first-order valence-electron chi connectivity index (χ1n) is 7.37. The molecule has 4 rings (SSSR count). The van der Waals surface area contributed by atoms with Crippen molar-refractivity contribution in [3.8, 4) is 11.4 Å². The maximum atomic E-state index is 13.0. The maximum Gasteiger partial charge on any atom is 0.266 e. The van der Waals surface area contributed by atoms with Gasteiger partial charge in [-0.25, -0.2) is 0 Å². The molecule has 0 unspecified atom stereocenters. The lowest BCUT2D eigenvalue weighted by atomic mass is 10.1. The second-order valence-corrected chi connectivity index (χ2v) is 5.26. The van der Waals surface area contributed by atoms with Crippen LogP contribution in [-0.2, 0) is 0 Å². The fourth-order valence-corrected chi connectivity index (χ4v) is 2.72. The van der Waals surface area contributed by atoms with Gasteiger partial charge in [0.2, 0.25) is 11.6 Å². The van der Waals surface area contributed by atoms with Gasteiger partial charge in [-0.1, -0.05) is 42.1 Å². The van der Waals surface area contributed by atoms with Crippen LogP contribution in [0, 0.1) is 0 Å². The molecule has 0 spiro atoms. The number of H-pyrrole nitrogens is 1. The maximum absolute atomic E-state index is 13.0. The molecule has 8 nitrogen and oxygen atoms in total. The van der Waals surface area contributed by atoms with Crippen molar-refractivity contribution >= 4 is 16.7 Å². The van der Waals surface area contributed by atoms with Gasteiger partial charge in [-0.15, -0.1) is 10.2 Å². The predicted octanol–water partition coefficient (Wildman–Crippen LogP) is 0.808. The van der Waals surface area contributed by atoms with Crippen molar-refractivity contribution in [1.29, 1.82) is 0 Å². The van der Waals surface area contributed by atoms with Gasteiger partial charge in [0.1, 0.15) is 0 Å². The van der Waals surface area contributed by atoms with Gasteiger partial charge in [-0.05, 0) is 28.8 Å². The van der Waals surface area contributed by atoms with Gasteiger partial charge in [0.05, 0.1) is 11.1 Å². The number of carbonyl (C=O) groups excluding carboxylic acids is 1. The van der Waals surface area contributed by atoms with E-state index < -0.39 is 22.7 Å². The molecule has 0 radical (unpaired) electrons. The molecule has 2 aromatic heterocycles. The van der Waals surface area contributed by atoms with E-state index in [1.165, 1.54) is 4.57 Å². The van der Waals surface area contributed by atoms with E-state index in [2.05, 4.69) is 20.6 Å². The molecule has 0 fully saturated rings. The quantitative estimate of drug-likeness (QED) is 0.555. The highest BCUT2D eigenvalue weighted by atomic mass is 16.3. The Labute approximate surface area is 140 Å². The number of nitrogens with one attached hydrogen (secondary N) is 1. The van der Waals surface area contributed by atoms with Gasteiger partial charge in [0, 0.05) is 5.69 Å². The number of hydrogen-bond donors (Lipinski definition) is 1. The lowest BCUT2D eigenvalue weighted by Gasteiger charge is -2.19. The van der Waals surface area contributed by atoms with Crippen molar-refractivity contribution in [2.24, 2.45) is 0 Å². The van der Waals surface area contributed by atoms with Crippen molar-refractivity contribution in [2.45, 2.75) is 0 Å². The minimum Gasteiger partial charge on any atom is -0.871 e. The van der Waals surface area contributed by atoms with E-state index in [4.69, 9.17) is 0 Å². The first kappa shape index (κ1) is 14.8. The number of fused-ring (bicyclic) bond motifs is 1. The van der Waals surface area contributed by atoms with E-state index in [0.717, 1.165) is 0 Å². The highest BCUT2D eigenvalue weighted by Crippen LogP contribution is 2.26. The molecule has 1 N–H and O–H groups in total. The lowest BCUT2D eigenvalue weighted by Crippen LogP contribution is -2.28. The van der Waals surface area contributed by atoms with Gasteiger partial charge >= 0.3 is 0 Å². The highest BCUT2D eigenvalue weighted by Gasteiger charge is 2.22. The number of rotatable bonds is 3. The highest BCUT2D eigenvalue weighted by molar-refractivity contribution is 6.10. The number of aromatic nitrogens is 5. The van der Waals surface area contributed by atoms with Crippen LogP contribution in [0.2, 0.25) is 0 Å². The third kappa shape index (κ3) is 2.27. The molecule has 4 aromatic rings. The molecule has 8 heteroatoms. The minimum atomic E-state index is -0.862. The predicted molar refractivity (Wildman–Crippen MR) is 86.6 cm³/mol. The smallest absolute Gasteiger partial charge is 0.266 e. The van der Waals surface area contributed by atoms with E-state index in [1.54, 1.807) is 48.5 Å². The van der Waals surface area contributed by atoms with Crippen LogP contribution < -0.4 is 10.7 Å². The van der Waals surface area contributed by atoms with Crippen LogP contribution >= 0.6 is 0 Å². The molecule has 0 bridgehead atoms. The van der Waals surface area contributed by atoms with Crippen LogP contribution in [0.25, 0.3) is 16.6 Å². The van der Waals surface area contributed by atoms with Crippen LogP contribution in [-0.4, -0.2) is 31.0 Å². The second kappa shape index (κ2) is 5.68. The fraction of sp³-hybridized carbons (Fsp3) is 0. The van der Waals surface area contributed by atoms with Crippen molar-refractivity contribution in [2.75, 3.05) is 0 Å². The summed E-state index contributed by atoms with van der Waals surface area (Å²) in [5.41, 5.74) is -0.257. The summed E-state index contributed by atoms with van der Waals surface area (Å²) in [6.07, 6.45) is 0. The van der Waals surface area contributed by atoms with E-state index in [9.17, 15) is 14.7 Å². The molecule has 2 heterocycles. The fourth-order valence-electron chi connectivity index (χ4n) is 2.72. The van der Waals surface area contributed by atoms with Crippen molar-refractivity contribution in [3.05, 3.63) is 76.3 Å². The Hall–Kier alpha value is -3.81. The number of carbonyl (C=O) groups is 1. The molecule has 0 saturated carbocycles. The Morgan fingerprint density at radius 2 is 1.76 bits per heavy atom. The third-order valence-electron chi connectivity index (χ3n) is 3.82. The Bertz CT molecular complexity index is 1130. The number of hydrogen-bond acceptors (Lipinski definition) is 6. The summed E-state index contributed by atoms with van der Waals surface area (Å²) in [5, 5.41) is 25.6. The molecule has 0 aliphatic heterocycles. The van der Waals surface area contributed by atoms with Crippen LogP contribution in [0.3, 0.4) is 0 Å². The first-order valence-corrected chi connectivity index (χ1v) is 7.37. The molecular formula is C17H10N5O3-. The van der Waals surface area contributed by atoms with Gasteiger partial charge in [-0.3, -0.25) is 14.2 Å². The SMILES string of the molecule is O=C(c1nn[nH]n1)c1c([O-])c2ccccc2n(-c2ccccc2)c1=O. The summed E-state index contributed by atoms with van der Waals surface area (Å²) in [7, 11) is 0. The summed E-state index contributed by atoms with van der Waals surface area (Å²) < 4.78 is 1.34. The second-order valence-electron chi connectivity index (χ2n) is 5.26. The summed E-state index contributed by atoms with van der Waals surface area (Å²) in [5.74, 6) is -1.84. The van der Waals surface area contributed by atoms with E-state index in [0.29, 0.717) is 11.2 Å². The van der Waals surface area contributed by atoms with Crippen molar-refractivity contribution in [1.82, 2.24) is 25.2 Å². The number of ketones is 1. The first-order chi connectivity index (χ1) is 12.2. The minimum absolute atomic E-state index is 0.262. The van der Waals surface area contributed by atoms with Crippen LogP contribution in [0.1, 0.15) is 16.2 Å². The number of benzene rings is 2. The zero-order chi connectivity index (χ0) is 17.4. The number of aromatic amines is 1. The average molecular weight is 332 g/mol. The van der Waals surface area contributed by atoms with Crippen molar-refractivity contribution < 1.29 is 9.90 Å². The third-order valence-corrected chi connectivity index (χ3v) is 3.82. The van der Waals surface area contributed by atoms with E-state index >= 15 is 0 Å². The standard InChI is InChI=1S/C17H11N5O3/c23-14-11-8-4-5-9-12(11)22(10-6-2-1-3-7-10)17(25)13(14)15(24)16-18-20-21-19-16/h1-9,23H,(H,18,19,20,21)/p-1. The van der Waals surface area contributed by atoms with Gasteiger partial charge in [-0.2, -0.15) is 5.21 Å². The summed E-state index contributed by atoms with van der Waals surface area (Å²) in [4.78, 5) is 25.6. The molecule has 0 aliphatic carbocycles. The molecule has 122 valence electrons. The monoisotopic (exact) mass is 332 g/mol. The molecule has 0 saturated heterocycles. The van der Waals surface area contributed by atoms with E-state index in [1.807, 2.05) is 6.07 Å². The Kier molecular flexibility index (Phi) is 3.35. The Morgan fingerprint density at radius 3 is 2.48 bits per heavy atom. The zero-order valence-electron chi connectivity index (χ0n) is 12.7. The van der Waals surface area contributed by atoms with Gasteiger partial charge < -0.3 is 5.11 Å². The van der Waals surface area contributed by atoms with Crippen molar-refractivity contribution in [3.63, 3.8) is 0 Å². The van der Waals surface area contributed by atoms with Crippen LogP contribution in [0.15, 0.2) is 59.4 Å². The summed E-state index contributed by atoms with van der Waals surface area (Å²) >= 11 is 0. The Balaban J connectivity index is 2.12. The number of pyridine rings is 1. The number of tetrazole rings is 1.